The van der Waals surface area contributed by atoms with E-state index >= 15 is 0 Å². The van der Waals surface area contributed by atoms with E-state index in [1.54, 1.807) is 0 Å². The summed E-state index contributed by atoms with van der Waals surface area (Å²) in [7, 11) is -4.76. The van der Waals surface area contributed by atoms with Gasteiger partial charge in [0, 0.05) is 19.3 Å². The number of carbonyl (C=O) groups is 3. The van der Waals surface area contributed by atoms with E-state index in [2.05, 4.69) is 118 Å². The zero-order valence-corrected chi connectivity index (χ0v) is 44.8. The predicted octanol–water partition coefficient (Wildman–Crippen LogP) is 15.7. The molecule has 0 spiro atoms. The molecule has 2 N–H and O–H groups in total. The van der Waals surface area contributed by atoms with E-state index in [0.29, 0.717) is 19.3 Å². The van der Waals surface area contributed by atoms with Gasteiger partial charge >= 0.3 is 25.7 Å². The number of esters is 3. The van der Waals surface area contributed by atoms with E-state index < -0.39 is 57.8 Å². The molecule has 3 unspecified atom stereocenters. The van der Waals surface area contributed by atoms with Crippen molar-refractivity contribution in [3.8, 4) is 0 Å². The second-order valence-corrected chi connectivity index (χ2v) is 19.1. The Bertz CT molecular complexity index is 1540. The van der Waals surface area contributed by atoms with Gasteiger partial charge < -0.3 is 24.2 Å². The summed E-state index contributed by atoms with van der Waals surface area (Å²) in [6.45, 7) is 4.29. The topological polar surface area (TPSA) is 155 Å². The summed E-state index contributed by atoms with van der Waals surface area (Å²) >= 11 is 0. The molecule has 0 aromatic carbocycles. The third kappa shape index (κ3) is 49.4. The molecule has 0 radical (unpaired) electrons. The van der Waals surface area contributed by atoms with Crippen LogP contribution in [0.4, 0.5) is 0 Å². The number of hydrogen-bond donors (Lipinski definition) is 2. The Hall–Kier alpha value is -3.60. The van der Waals surface area contributed by atoms with Crippen molar-refractivity contribution >= 4 is 25.7 Å². The van der Waals surface area contributed by atoms with E-state index in [9.17, 15) is 28.9 Å². The molecule has 0 aromatic rings. The minimum atomic E-state index is -4.76. The van der Waals surface area contributed by atoms with Gasteiger partial charge in [-0.25, -0.2) is 4.57 Å². The van der Waals surface area contributed by atoms with Gasteiger partial charge in [-0.2, -0.15) is 0 Å². The number of aliphatic hydroxyl groups excluding tert-OH is 1. The highest BCUT2D eigenvalue weighted by molar-refractivity contribution is 7.47. The third-order valence-corrected chi connectivity index (χ3v) is 11.9. The van der Waals surface area contributed by atoms with Crippen molar-refractivity contribution in [3.63, 3.8) is 0 Å². The molecule has 12 heteroatoms. The van der Waals surface area contributed by atoms with Crippen LogP contribution in [0.3, 0.4) is 0 Å². The minimum absolute atomic E-state index is 0.108. The molecule has 0 aliphatic rings. The van der Waals surface area contributed by atoms with Crippen molar-refractivity contribution in [1.82, 2.24) is 0 Å². The smallest absolute Gasteiger partial charge is 0.462 e. The van der Waals surface area contributed by atoms with Crippen molar-refractivity contribution in [3.05, 3.63) is 97.2 Å². The summed E-state index contributed by atoms with van der Waals surface area (Å²) in [4.78, 5) is 48.4. The molecule has 0 saturated carbocycles. The number of phosphoric acid groups is 1. The first kappa shape index (κ1) is 66.4. The van der Waals surface area contributed by atoms with Crippen molar-refractivity contribution < 1.29 is 52.2 Å². The van der Waals surface area contributed by atoms with E-state index in [-0.39, 0.29) is 25.9 Å². The van der Waals surface area contributed by atoms with Crippen LogP contribution in [0, 0.1) is 0 Å². The van der Waals surface area contributed by atoms with Gasteiger partial charge in [0.05, 0.1) is 19.8 Å². The van der Waals surface area contributed by atoms with Gasteiger partial charge in [0.1, 0.15) is 12.7 Å². The highest BCUT2D eigenvalue weighted by Gasteiger charge is 2.28. The molecular weight excluding hydrogens is 904 g/mol. The number of aliphatic hydroxyl groups is 1. The van der Waals surface area contributed by atoms with Crippen molar-refractivity contribution in [2.45, 2.75) is 226 Å². The first-order valence-corrected chi connectivity index (χ1v) is 28.6. The van der Waals surface area contributed by atoms with E-state index in [1.807, 2.05) is 0 Å². The number of rotatable bonds is 49. The number of allylic oxidation sites excluding steroid dienone is 16. The number of phosphoric ester groups is 1. The van der Waals surface area contributed by atoms with Gasteiger partial charge in [-0.05, 0) is 109 Å². The Balaban J connectivity index is 4.83. The average molecular weight is 1000 g/mol. The number of ether oxygens (including phenoxy) is 3. The van der Waals surface area contributed by atoms with Crippen LogP contribution in [0.15, 0.2) is 97.2 Å². The quantitative estimate of drug-likeness (QED) is 0.0197. The molecule has 400 valence electrons. The highest BCUT2D eigenvalue weighted by Crippen LogP contribution is 2.43. The number of carbonyl (C=O) groups excluding carboxylic acids is 3. The Labute approximate surface area is 425 Å². The lowest BCUT2D eigenvalue weighted by Gasteiger charge is -2.21. The summed E-state index contributed by atoms with van der Waals surface area (Å²) in [6.07, 6.45) is 59.5. The fraction of sp³-hybridized carbons (Fsp3) is 0.672. The Morgan fingerprint density at radius 1 is 0.414 bits per heavy atom. The first-order valence-electron chi connectivity index (χ1n) is 27.1. The van der Waals surface area contributed by atoms with Crippen LogP contribution in [0.5, 0.6) is 0 Å². The van der Waals surface area contributed by atoms with Gasteiger partial charge in [-0.1, -0.05) is 182 Å². The van der Waals surface area contributed by atoms with Crippen LogP contribution in [0.1, 0.15) is 213 Å². The van der Waals surface area contributed by atoms with Crippen LogP contribution in [-0.4, -0.2) is 66.5 Å². The van der Waals surface area contributed by atoms with Gasteiger partial charge in [-0.3, -0.25) is 23.4 Å². The molecule has 0 heterocycles. The molecule has 0 amide bonds. The molecule has 3 atom stereocenters. The fourth-order valence-corrected chi connectivity index (χ4v) is 7.65. The van der Waals surface area contributed by atoms with Gasteiger partial charge in [0.2, 0.25) is 0 Å². The molecule has 0 aliphatic heterocycles. The normalized spacial score (nSPS) is 14.2. The maximum absolute atomic E-state index is 12.9. The SMILES string of the molecule is CC/C=C\C/C=C\C/C=C\C/C=C\CCCCC(=O)OC(COC(=O)CCCCCCCCC/C=C\C/C=C\C/C=C\CC)COP(=O)(O)OCC(CO)OC(=O)CCCCCCC/C=C\CCCC. The van der Waals surface area contributed by atoms with Gasteiger partial charge in [0.15, 0.2) is 6.10 Å². The lowest BCUT2D eigenvalue weighted by atomic mass is 10.1. The molecule has 0 aromatic heterocycles. The fourth-order valence-electron chi connectivity index (χ4n) is 6.87. The Morgan fingerprint density at radius 2 is 0.743 bits per heavy atom. The monoisotopic (exact) mass is 1000 g/mol. The lowest BCUT2D eigenvalue weighted by molar-refractivity contribution is -0.161. The van der Waals surface area contributed by atoms with Gasteiger partial charge in [0.25, 0.3) is 0 Å². The molecular formula is C58H97O11P. The van der Waals surface area contributed by atoms with Crippen molar-refractivity contribution in [2.24, 2.45) is 0 Å². The lowest BCUT2D eigenvalue weighted by Crippen LogP contribution is -2.30. The minimum Gasteiger partial charge on any atom is -0.462 e. The summed E-state index contributed by atoms with van der Waals surface area (Å²) in [5, 5.41) is 9.77. The first-order chi connectivity index (χ1) is 34.2. The summed E-state index contributed by atoms with van der Waals surface area (Å²) in [5.41, 5.74) is 0. The molecule has 70 heavy (non-hydrogen) atoms. The standard InChI is InChI=1S/C58H97O11P/c1-4-7-10-13-16-19-22-24-26-27-29-30-33-35-38-41-44-47-56(60)65-51-55(69-58(62)49-46-43-40-37-34-31-28-25-23-20-17-14-11-8-5-2)53-67-70(63,64)66-52-54(50-59)68-57(61)48-45-42-39-36-32-21-18-15-12-9-6-3/h7-8,10-11,15-20,24-26,28,34,37,54-55,59H,4-6,9,12-14,21-23,27,29-33,35-36,38-53H2,1-3H3,(H,63,64)/b10-7-,11-8-,18-15-,19-16-,20-17-,26-24-,28-25-,37-34-. The third-order valence-electron chi connectivity index (χ3n) is 11.0. The van der Waals surface area contributed by atoms with Crippen LogP contribution in [0.2, 0.25) is 0 Å². The van der Waals surface area contributed by atoms with Crippen LogP contribution in [-0.2, 0) is 42.2 Å². The molecule has 0 bridgehead atoms. The maximum atomic E-state index is 12.9. The molecule has 0 rings (SSSR count). The van der Waals surface area contributed by atoms with Crippen molar-refractivity contribution in [1.29, 1.82) is 0 Å². The predicted molar refractivity (Wildman–Crippen MR) is 288 cm³/mol. The molecule has 11 nitrogen and oxygen atoms in total. The molecule has 0 fully saturated rings. The summed E-state index contributed by atoms with van der Waals surface area (Å²) in [5.74, 6) is -1.54. The number of unbranched alkanes of at least 4 members (excludes halogenated alkanes) is 16. The molecule has 0 saturated heterocycles. The second kappa shape index (κ2) is 51.7. The Kier molecular flexibility index (Phi) is 49.1. The highest BCUT2D eigenvalue weighted by atomic mass is 31.2. The van der Waals surface area contributed by atoms with E-state index in [1.165, 1.54) is 25.7 Å². The summed E-state index contributed by atoms with van der Waals surface area (Å²) < 4.78 is 39.3. The number of hydrogen-bond acceptors (Lipinski definition) is 10. The summed E-state index contributed by atoms with van der Waals surface area (Å²) in [6, 6.07) is 0. The maximum Gasteiger partial charge on any atom is 0.472 e. The van der Waals surface area contributed by atoms with Crippen LogP contribution in [0.25, 0.3) is 0 Å². The largest absolute Gasteiger partial charge is 0.472 e. The Morgan fingerprint density at radius 3 is 1.19 bits per heavy atom. The van der Waals surface area contributed by atoms with E-state index in [0.717, 1.165) is 128 Å². The molecule has 0 aliphatic carbocycles. The second-order valence-electron chi connectivity index (χ2n) is 17.6. The zero-order valence-electron chi connectivity index (χ0n) is 43.9. The zero-order chi connectivity index (χ0) is 51.3. The van der Waals surface area contributed by atoms with Crippen molar-refractivity contribution in [2.75, 3.05) is 26.4 Å². The van der Waals surface area contributed by atoms with Crippen LogP contribution >= 0.6 is 7.82 Å². The average Bonchev–Trinajstić information content (AvgIpc) is 3.35. The van der Waals surface area contributed by atoms with E-state index in [4.69, 9.17) is 23.3 Å². The van der Waals surface area contributed by atoms with Gasteiger partial charge in [-0.15, -0.1) is 0 Å². The van der Waals surface area contributed by atoms with Crippen LogP contribution < -0.4 is 0 Å².